The Bertz CT molecular complexity index is 675. The number of carbonyl (C=O) groups is 1. The molecular weight excluding hydrogens is 304 g/mol. The molecular formula is C18H24N4O2. The molecule has 6 heteroatoms. The van der Waals surface area contributed by atoms with Gasteiger partial charge in [-0.05, 0) is 49.9 Å². The fraction of sp³-hybridized carbons (Fsp3) is 0.556. The Balaban J connectivity index is 1.24. The van der Waals surface area contributed by atoms with Crippen LogP contribution in [0.1, 0.15) is 31.4 Å². The van der Waals surface area contributed by atoms with Gasteiger partial charge in [0.05, 0.1) is 6.54 Å². The number of hydrogen-bond acceptors (Lipinski definition) is 4. The molecule has 0 aromatic carbocycles. The summed E-state index contributed by atoms with van der Waals surface area (Å²) < 4.78 is 5.89. The monoisotopic (exact) mass is 328 g/mol. The van der Waals surface area contributed by atoms with E-state index in [4.69, 9.17) is 4.42 Å². The van der Waals surface area contributed by atoms with E-state index < -0.39 is 0 Å². The number of nitrogens with zero attached hydrogens (tertiary/aromatic N) is 2. The largest absolute Gasteiger partial charge is 0.458 e. The maximum Gasteiger partial charge on any atom is 0.223 e. The smallest absolute Gasteiger partial charge is 0.223 e. The molecule has 1 saturated carbocycles. The van der Waals surface area contributed by atoms with Gasteiger partial charge in [-0.3, -0.25) is 14.8 Å². The van der Waals surface area contributed by atoms with Gasteiger partial charge in [0.1, 0.15) is 11.5 Å². The van der Waals surface area contributed by atoms with Gasteiger partial charge < -0.3 is 9.73 Å². The molecule has 2 N–H and O–H groups in total. The van der Waals surface area contributed by atoms with Gasteiger partial charge in [-0.15, -0.1) is 0 Å². The van der Waals surface area contributed by atoms with Crippen molar-refractivity contribution in [2.24, 2.45) is 11.8 Å². The highest BCUT2D eigenvalue weighted by Crippen LogP contribution is 2.27. The molecule has 0 spiro atoms. The van der Waals surface area contributed by atoms with Crippen LogP contribution < -0.4 is 5.32 Å². The Morgan fingerprint density at radius 2 is 2.25 bits per heavy atom. The molecule has 0 bridgehead atoms. The van der Waals surface area contributed by atoms with Crippen molar-refractivity contribution in [3.05, 3.63) is 30.2 Å². The van der Waals surface area contributed by atoms with E-state index in [9.17, 15) is 4.79 Å². The van der Waals surface area contributed by atoms with E-state index in [0.29, 0.717) is 5.92 Å². The van der Waals surface area contributed by atoms with Crippen LogP contribution in [-0.4, -0.2) is 40.6 Å². The van der Waals surface area contributed by atoms with Crippen LogP contribution >= 0.6 is 0 Å². The molecule has 1 saturated heterocycles. The summed E-state index contributed by atoms with van der Waals surface area (Å²) in [7, 11) is 0. The molecule has 128 valence electrons. The molecule has 4 rings (SSSR count). The maximum atomic E-state index is 11.9. The van der Waals surface area contributed by atoms with Crippen molar-refractivity contribution in [3.8, 4) is 11.5 Å². The van der Waals surface area contributed by atoms with Gasteiger partial charge in [-0.25, -0.2) is 0 Å². The van der Waals surface area contributed by atoms with E-state index in [0.717, 1.165) is 62.7 Å². The van der Waals surface area contributed by atoms with Gasteiger partial charge in [-0.1, -0.05) is 6.42 Å². The number of hydrogen-bond donors (Lipinski definition) is 2. The number of furan rings is 1. The van der Waals surface area contributed by atoms with E-state index in [1.54, 1.807) is 6.20 Å². The normalized spacial score (nSPS) is 21.8. The van der Waals surface area contributed by atoms with Crippen LogP contribution in [0.3, 0.4) is 0 Å². The molecule has 24 heavy (non-hydrogen) atoms. The average Bonchev–Trinajstić information content (AvgIpc) is 3.25. The fourth-order valence-electron chi connectivity index (χ4n) is 3.50. The third-order valence-corrected chi connectivity index (χ3v) is 5.22. The number of amides is 1. The molecule has 1 atom stereocenters. The lowest BCUT2D eigenvalue weighted by atomic mass is 9.85. The summed E-state index contributed by atoms with van der Waals surface area (Å²) in [6, 6.07) is 5.91. The first kappa shape index (κ1) is 15.4. The number of rotatable bonds is 6. The molecule has 2 aromatic heterocycles. The summed E-state index contributed by atoms with van der Waals surface area (Å²) in [5.41, 5.74) is 0.902. The number of H-pyrrole nitrogens is 1. The predicted molar refractivity (Wildman–Crippen MR) is 90.0 cm³/mol. The lowest BCUT2D eigenvalue weighted by molar-refractivity contribution is -0.127. The number of aromatic nitrogens is 2. The first-order valence-electron chi connectivity index (χ1n) is 8.86. The molecule has 0 unspecified atom stereocenters. The van der Waals surface area contributed by atoms with Crippen molar-refractivity contribution in [3.63, 3.8) is 0 Å². The fourth-order valence-corrected chi connectivity index (χ4v) is 3.50. The Labute approximate surface area is 141 Å². The quantitative estimate of drug-likeness (QED) is 0.854. The van der Waals surface area contributed by atoms with Gasteiger partial charge in [0.25, 0.3) is 0 Å². The molecule has 2 fully saturated rings. The van der Waals surface area contributed by atoms with E-state index in [-0.39, 0.29) is 11.8 Å². The first-order valence-corrected chi connectivity index (χ1v) is 8.86. The molecule has 1 aliphatic carbocycles. The molecule has 1 aliphatic heterocycles. The van der Waals surface area contributed by atoms with Gasteiger partial charge in [-0.2, -0.15) is 5.10 Å². The van der Waals surface area contributed by atoms with Gasteiger partial charge in [0, 0.05) is 25.2 Å². The minimum absolute atomic E-state index is 0.259. The topological polar surface area (TPSA) is 74.2 Å². The summed E-state index contributed by atoms with van der Waals surface area (Å²) in [4.78, 5) is 14.3. The Morgan fingerprint density at radius 1 is 1.33 bits per heavy atom. The van der Waals surface area contributed by atoms with Crippen LogP contribution in [0, 0.1) is 11.8 Å². The highest BCUT2D eigenvalue weighted by Gasteiger charge is 2.27. The Hall–Kier alpha value is -2.08. The van der Waals surface area contributed by atoms with Crippen LogP contribution in [0.25, 0.3) is 11.5 Å². The zero-order chi connectivity index (χ0) is 16.4. The zero-order valence-electron chi connectivity index (χ0n) is 13.8. The Morgan fingerprint density at radius 3 is 3.00 bits per heavy atom. The number of aromatic amines is 1. The number of nitrogens with one attached hydrogen (secondary N) is 2. The van der Waals surface area contributed by atoms with Crippen molar-refractivity contribution >= 4 is 5.91 Å². The van der Waals surface area contributed by atoms with Gasteiger partial charge in [0.2, 0.25) is 5.91 Å². The molecule has 3 heterocycles. The number of likely N-dealkylation sites (tertiary alicyclic amines) is 1. The van der Waals surface area contributed by atoms with Crippen LogP contribution in [-0.2, 0) is 11.3 Å². The highest BCUT2D eigenvalue weighted by atomic mass is 16.3. The third-order valence-electron chi connectivity index (χ3n) is 5.22. The van der Waals surface area contributed by atoms with Crippen LogP contribution in [0.2, 0.25) is 0 Å². The van der Waals surface area contributed by atoms with E-state index in [1.807, 2.05) is 18.2 Å². The second-order valence-electron chi connectivity index (χ2n) is 7.00. The highest BCUT2D eigenvalue weighted by molar-refractivity contribution is 5.79. The van der Waals surface area contributed by atoms with Crippen LogP contribution in [0.5, 0.6) is 0 Å². The van der Waals surface area contributed by atoms with Crippen LogP contribution in [0.15, 0.2) is 28.8 Å². The van der Waals surface area contributed by atoms with Crippen LogP contribution in [0.4, 0.5) is 0 Å². The summed E-state index contributed by atoms with van der Waals surface area (Å²) in [6.07, 6.45) is 6.21. The van der Waals surface area contributed by atoms with Crippen molar-refractivity contribution in [1.82, 2.24) is 20.4 Å². The minimum atomic E-state index is 0.259. The first-order chi connectivity index (χ1) is 11.8. The third kappa shape index (κ3) is 3.38. The SMILES string of the molecule is O=C(NC[C@H]1CCN(Cc2ccc(-c3ccn[nH]3)o2)C1)C1CCC1. The number of carbonyl (C=O) groups excluding carboxylic acids is 1. The molecule has 6 nitrogen and oxygen atoms in total. The van der Waals surface area contributed by atoms with Gasteiger partial charge in [0.15, 0.2) is 5.76 Å². The minimum Gasteiger partial charge on any atom is -0.458 e. The average molecular weight is 328 g/mol. The molecule has 2 aromatic rings. The second-order valence-corrected chi connectivity index (χ2v) is 7.00. The molecule has 1 amide bonds. The molecule has 0 radical (unpaired) electrons. The van der Waals surface area contributed by atoms with E-state index >= 15 is 0 Å². The maximum absolute atomic E-state index is 11.9. The lowest BCUT2D eigenvalue weighted by Gasteiger charge is -2.24. The zero-order valence-corrected chi connectivity index (χ0v) is 13.8. The summed E-state index contributed by atoms with van der Waals surface area (Å²) >= 11 is 0. The summed E-state index contributed by atoms with van der Waals surface area (Å²) in [5.74, 6) is 2.89. The van der Waals surface area contributed by atoms with Gasteiger partial charge >= 0.3 is 0 Å². The molecule has 2 aliphatic rings. The second kappa shape index (κ2) is 6.81. The van der Waals surface area contributed by atoms with Crippen molar-refractivity contribution in [2.75, 3.05) is 19.6 Å². The predicted octanol–water partition coefficient (Wildman–Crippen LogP) is 2.41. The van der Waals surface area contributed by atoms with Crippen molar-refractivity contribution < 1.29 is 9.21 Å². The summed E-state index contributed by atoms with van der Waals surface area (Å²) in [6.45, 7) is 3.71. The Kier molecular flexibility index (Phi) is 4.38. The van der Waals surface area contributed by atoms with E-state index in [2.05, 4.69) is 20.4 Å². The summed E-state index contributed by atoms with van der Waals surface area (Å²) in [5, 5.41) is 10.00. The van der Waals surface area contributed by atoms with Crippen molar-refractivity contribution in [2.45, 2.75) is 32.2 Å². The van der Waals surface area contributed by atoms with Crippen molar-refractivity contribution in [1.29, 1.82) is 0 Å². The lowest BCUT2D eigenvalue weighted by Crippen LogP contribution is -2.37. The van der Waals surface area contributed by atoms with E-state index in [1.165, 1.54) is 6.42 Å². The standard InChI is InChI=1S/C18H24N4O2/c23-18(14-2-1-3-14)19-10-13-7-9-22(11-13)12-15-4-5-17(24-15)16-6-8-20-21-16/h4-6,8,13-14H,1-3,7,9-12H2,(H,19,23)(H,20,21)/t13-/m1/s1.